The van der Waals surface area contributed by atoms with Crippen LogP contribution in [0, 0.1) is 11.6 Å². The van der Waals surface area contributed by atoms with Gasteiger partial charge in [0, 0.05) is 6.07 Å². The van der Waals surface area contributed by atoms with Gasteiger partial charge in [0.1, 0.15) is 12.4 Å². The van der Waals surface area contributed by atoms with Crippen molar-refractivity contribution in [2.75, 3.05) is 26.4 Å². The number of ether oxygens (including phenoxy) is 3. The van der Waals surface area contributed by atoms with Crippen LogP contribution >= 0.6 is 0 Å². The molecule has 136 valence electrons. The average molecular weight is 353 g/mol. The molecular weight excluding hydrogens is 332 g/mol. The molecule has 2 aromatic rings. The molecule has 0 radical (unpaired) electrons. The van der Waals surface area contributed by atoms with Crippen molar-refractivity contribution in [2.45, 2.75) is 32.5 Å². The number of hydrogen-bond donors (Lipinski definition) is 0. The molecule has 1 aromatic heterocycles. The summed E-state index contributed by atoms with van der Waals surface area (Å²) in [5.74, 6) is -0.953. The monoisotopic (exact) mass is 353 g/mol. The normalized spacial score (nSPS) is 16.4. The molecule has 0 unspecified atom stereocenters. The standard InChI is InChI=1S/C17H21F2N3O3/c1-11(2)25-10-16-20-17(12-8-23-5-6-24-9-12)22(21-16)13-3-4-14(18)15(19)7-13/h3-4,7,11-12H,5-6,8-10H2,1-2H3. The highest BCUT2D eigenvalue weighted by molar-refractivity contribution is 5.33. The maximum atomic E-state index is 13.7. The molecule has 8 heteroatoms. The summed E-state index contributed by atoms with van der Waals surface area (Å²) in [6, 6.07) is 3.63. The van der Waals surface area contributed by atoms with Crippen LogP contribution in [0.25, 0.3) is 5.69 Å². The molecule has 6 nitrogen and oxygen atoms in total. The van der Waals surface area contributed by atoms with Crippen molar-refractivity contribution in [3.8, 4) is 5.69 Å². The Morgan fingerprint density at radius 3 is 2.56 bits per heavy atom. The second-order valence-electron chi connectivity index (χ2n) is 6.10. The molecule has 1 fully saturated rings. The van der Waals surface area contributed by atoms with E-state index in [0.717, 1.165) is 12.1 Å². The Bertz CT molecular complexity index is 713. The maximum absolute atomic E-state index is 13.7. The summed E-state index contributed by atoms with van der Waals surface area (Å²) in [6.45, 7) is 5.94. The van der Waals surface area contributed by atoms with Crippen LogP contribution in [0.3, 0.4) is 0 Å². The minimum absolute atomic E-state index is 0.0308. The van der Waals surface area contributed by atoms with Crippen molar-refractivity contribution in [1.29, 1.82) is 0 Å². The van der Waals surface area contributed by atoms with Gasteiger partial charge in [0.05, 0.1) is 44.1 Å². The van der Waals surface area contributed by atoms with E-state index in [0.29, 0.717) is 43.8 Å². The highest BCUT2D eigenvalue weighted by Crippen LogP contribution is 2.22. The molecule has 0 amide bonds. The smallest absolute Gasteiger partial charge is 0.177 e. The molecule has 1 aromatic carbocycles. The van der Waals surface area contributed by atoms with Crippen molar-refractivity contribution >= 4 is 0 Å². The summed E-state index contributed by atoms with van der Waals surface area (Å²) >= 11 is 0. The fraction of sp³-hybridized carbons (Fsp3) is 0.529. The first-order valence-electron chi connectivity index (χ1n) is 8.23. The largest absolute Gasteiger partial charge is 0.378 e. The first-order valence-corrected chi connectivity index (χ1v) is 8.23. The summed E-state index contributed by atoms with van der Waals surface area (Å²) in [4.78, 5) is 4.53. The van der Waals surface area contributed by atoms with Crippen molar-refractivity contribution in [3.05, 3.63) is 41.5 Å². The summed E-state index contributed by atoms with van der Waals surface area (Å²) in [6.07, 6.45) is 0.0308. The fourth-order valence-electron chi connectivity index (χ4n) is 2.51. The molecule has 2 heterocycles. The first-order chi connectivity index (χ1) is 12.0. The van der Waals surface area contributed by atoms with Crippen molar-refractivity contribution in [1.82, 2.24) is 14.8 Å². The van der Waals surface area contributed by atoms with E-state index in [1.165, 1.54) is 10.7 Å². The topological polar surface area (TPSA) is 58.4 Å². The summed E-state index contributed by atoms with van der Waals surface area (Å²) in [5, 5.41) is 4.41. The van der Waals surface area contributed by atoms with Gasteiger partial charge < -0.3 is 14.2 Å². The van der Waals surface area contributed by atoms with Crippen LogP contribution < -0.4 is 0 Å². The number of aromatic nitrogens is 3. The van der Waals surface area contributed by atoms with E-state index < -0.39 is 11.6 Å². The zero-order chi connectivity index (χ0) is 17.8. The molecule has 1 aliphatic rings. The van der Waals surface area contributed by atoms with Crippen molar-refractivity contribution in [2.24, 2.45) is 0 Å². The van der Waals surface area contributed by atoms with E-state index >= 15 is 0 Å². The van der Waals surface area contributed by atoms with E-state index in [-0.39, 0.29) is 18.6 Å². The Hall–Kier alpha value is -1.90. The Morgan fingerprint density at radius 2 is 1.92 bits per heavy atom. The number of nitrogens with zero attached hydrogens (tertiary/aromatic N) is 3. The molecule has 1 aliphatic heterocycles. The fourth-order valence-corrected chi connectivity index (χ4v) is 2.51. The third-order valence-corrected chi connectivity index (χ3v) is 3.74. The van der Waals surface area contributed by atoms with E-state index in [1.807, 2.05) is 13.8 Å². The molecule has 0 bridgehead atoms. The highest BCUT2D eigenvalue weighted by atomic mass is 19.2. The zero-order valence-electron chi connectivity index (χ0n) is 14.2. The van der Waals surface area contributed by atoms with Gasteiger partial charge in [0.2, 0.25) is 0 Å². The van der Waals surface area contributed by atoms with Crippen LogP contribution in [0.15, 0.2) is 18.2 Å². The van der Waals surface area contributed by atoms with E-state index in [1.54, 1.807) is 0 Å². The number of rotatable bonds is 5. The lowest BCUT2D eigenvalue weighted by Gasteiger charge is -2.14. The lowest BCUT2D eigenvalue weighted by Crippen LogP contribution is -2.16. The Labute approximate surface area is 144 Å². The van der Waals surface area contributed by atoms with Crippen LogP contribution in [0.2, 0.25) is 0 Å². The molecule has 0 spiro atoms. The molecule has 0 atom stereocenters. The number of hydrogen-bond acceptors (Lipinski definition) is 5. The quantitative estimate of drug-likeness (QED) is 0.827. The third-order valence-electron chi connectivity index (χ3n) is 3.74. The Balaban J connectivity index is 1.96. The van der Waals surface area contributed by atoms with Gasteiger partial charge in [0.25, 0.3) is 0 Å². The SMILES string of the molecule is CC(C)OCc1nc(C2COCCOC2)n(-c2ccc(F)c(F)c2)n1. The first kappa shape index (κ1) is 17.9. The predicted molar refractivity (Wildman–Crippen MR) is 85.6 cm³/mol. The van der Waals surface area contributed by atoms with E-state index in [9.17, 15) is 8.78 Å². The van der Waals surface area contributed by atoms with Gasteiger partial charge in [0.15, 0.2) is 17.5 Å². The minimum Gasteiger partial charge on any atom is -0.378 e. The van der Waals surface area contributed by atoms with Gasteiger partial charge in [-0.2, -0.15) is 0 Å². The van der Waals surface area contributed by atoms with Crippen LogP contribution in [-0.4, -0.2) is 47.3 Å². The van der Waals surface area contributed by atoms with Crippen molar-refractivity contribution in [3.63, 3.8) is 0 Å². The molecule has 0 saturated carbocycles. The Morgan fingerprint density at radius 1 is 1.20 bits per heavy atom. The maximum Gasteiger partial charge on any atom is 0.177 e. The van der Waals surface area contributed by atoms with Gasteiger partial charge in [-0.1, -0.05) is 0 Å². The highest BCUT2D eigenvalue weighted by Gasteiger charge is 2.24. The molecule has 0 N–H and O–H groups in total. The van der Waals surface area contributed by atoms with Crippen LogP contribution in [0.5, 0.6) is 0 Å². The van der Waals surface area contributed by atoms with E-state index in [2.05, 4.69) is 10.1 Å². The second-order valence-corrected chi connectivity index (χ2v) is 6.10. The lowest BCUT2D eigenvalue weighted by atomic mass is 10.1. The molecule has 25 heavy (non-hydrogen) atoms. The zero-order valence-corrected chi connectivity index (χ0v) is 14.2. The van der Waals surface area contributed by atoms with Gasteiger partial charge in [-0.25, -0.2) is 18.4 Å². The van der Waals surface area contributed by atoms with Crippen LogP contribution in [0.1, 0.15) is 31.4 Å². The lowest BCUT2D eigenvalue weighted by molar-refractivity contribution is 0.0612. The van der Waals surface area contributed by atoms with Gasteiger partial charge in [-0.15, -0.1) is 5.10 Å². The average Bonchev–Trinajstić information content (AvgIpc) is 2.82. The number of benzene rings is 1. The summed E-state index contributed by atoms with van der Waals surface area (Å²) < 4.78 is 45.0. The predicted octanol–water partition coefficient (Wildman–Crippen LogP) is 2.60. The molecular formula is C17H21F2N3O3. The second kappa shape index (κ2) is 7.99. The summed E-state index contributed by atoms with van der Waals surface area (Å²) in [7, 11) is 0. The van der Waals surface area contributed by atoms with Crippen LogP contribution in [-0.2, 0) is 20.8 Å². The van der Waals surface area contributed by atoms with Crippen molar-refractivity contribution < 1.29 is 23.0 Å². The molecule has 0 aliphatic carbocycles. The number of halogens is 2. The van der Waals surface area contributed by atoms with Gasteiger partial charge in [-0.3, -0.25) is 0 Å². The minimum atomic E-state index is -0.938. The Kier molecular flexibility index (Phi) is 5.72. The third kappa shape index (κ3) is 4.39. The summed E-state index contributed by atoms with van der Waals surface area (Å²) in [5.41, 5.74) is 0.390. The van der Waals surface area contributed by atoms with E-state index in [4.69, 9.17) is 14.2 Å². The van der Waals surface area contributed by atoms with Gasteiger partial charge in [-0.05, 0) is 26.0 Å². The van der Waals surface area contributed by atoms with Gasteiger partial charge >= 0.3 is 0 Å². The molecule has 1 saturated heterocycles. The van der Waals surface area contributed by atoms with Crippen LogP contribution in [0.4, 0.5) is 8.78 Å². The molecule has 3 rings (SSSR count).